The fraction of sp³-hybridized carbons (Fsp3) is 0.118. The van der Waals surface area contributed by atoms with Crippen molar-refractivity contribution in [2.75, 3.05) is 5.32 Å². The number of anilines is 2. The van der Waals surface area contributed by atoms with Gasteiger partial charge in [-0.3, -0.25) is 4.68 Å². The largest absolute Gasteiger partial charge is 0.506 e. The van der Waals surface area contributed by atoms with E-state index in [4.69, 9.17) is 11.6 Å². The summed E-state index contributed by atoms with van der Waals surface area (Å²) in [5.41, 5.74) is 3.17. The molecular weight excluding hydrogens is 358 g/mol. The third-order valence-electron chi connectivity index (χ3n) is 3.80. The minimum atomic E-state index is 0.0377. The van der Waals surface area contributed by atoms with Crippen LogP contribution in [-0.2, 0) is 7.05 Å². The molecule has 0 saturated carbocycles. The maximum Gasteiger partial charge on any atom is 0.172 e. The maximum absolute atomic E-state index is 9.60. The molecule has 2 N–H and O–H groups in total. The Kier molecular flexibility index (Phi) is 3.82. The number of benzene rings is 1. The van der Waals surface area contributed by atoms with Crippen molar-refractivity contribution in [1.29, 1.82) is 0 Å². The molecule has 3 aromatic heterocycles. The molecule has 0 fully saturated rings. The van der Waals surface area contributed by atoms with Crippen LogP contribution >= 0.6 is 22.9 Å². The number of rotatable bonds is 3. The van der Waals surface area contributed by atoms with E-state index in [2.05, 4.69) is 20.4 Å². The molecule has 126 valence electrons. The van der Waals surface area contributed by atoms with Crippen molar-refractivity contribution < 1.29 is 5.11 Å². The molecule has 0 aliphatic carbocycles. The normalized spacial score (nSPS) is 11.2. The number of aryl methyl sites for hydroxylation is 2. The molecule has 0 aliphatic heterocycles. The molecule has 0 spiro atoms. The third kappa shape index (κ3) is 2.81. The lowest BCUT2D eigenvalue weighted by molar-refractivity contribution is 0.475. The number of hydrogen-bond acceptors (Lipinski definition) is 6. The van der Waals surface area contributed by atoms with Gasteiger partial charge in [-0.15, -0.1) is 11.3 Å². The zero-order chi connectivity index (χ0) is 17.6. The Labute approximate surface area is 152 Å². The highest BCUT2D eigenvalue weighted by Gasteiger charge is 2.17. The minimum Gasteiger partial charge on any atom is -0.506 e. The number of hydrogen-bond donors (Lipinski definition) is 2. The monoisotopic (exact) mass is 371 g/mol. The number of fused-ring (bicyclic) bond motifs is 1. The molecule has 0 atom stereocenters. The topological polar surface area (TPSA) is 75.9 Å². The lowest BCUT2D eigenvalue weighted by Gasteiger charge is -2.10. The van der Waals surface area contributed by atoms with E-state index in [1.165, 1.54) is 6.07 Å². The maximum atomic E-state index is 9.60. The average Bonchev–Trinajstić information content (AvgIpc) is 3.20. The molecule has 0 radical (unpaired) electrons. The van der Waals surface area contributed by atoms with Gasteiger partial charge in [0.05, 0.1) is 15.6 Å². The first-order valence-corrected chi connectivity index (χ1v) is 8.79. The van der Waals surface area contributed by atoms with E-state index >= 15 is 0 Å². The van der Waals surface area contributed by atoms with E-state index < -0.39 is 0 Å². The molecule has 0 amide bonds. The van der Waals surface area contributed by atoms with Crippen LogP contribution in [0.2, 0.25) is 5.02 Å². The molecular formula is C17H14ClN5OS. The van der Waals surface area contributed by atoms with Gasteiger partial charge in [-0.1, -0.05) is 17.7 Å². The highest BCUT2D eigenvalue weighted by molar-refractivity contribution is 7.13. The zero-order valence-corrected chi connectivity index (χ0v) is 15.1. The van der Waals surface area contributed by atoms with E-state index in [9.17, 15) is 5.11 Å². The SMILES string of the molecule is Cc1nn(C)c2c(Nc3ccc(O)c(Cl)c3)nc(-c3cccs3)nc12. The number of thiophene rings is 1. The van der Waals surface area contributed by atoms with Gasteiger partial charge in [0.25, 0.3) is 0 Å². The molecule has 6 nitrogen and oxygen atoms in total. The molecule has 8 heteroatoms. The summed E-state index contributed by atoms with van der Waals surface area (Å²) in [6, 6.07) is 8.88. The van der Waals surface area contributed by atoms with Gasteiger partial charge in [-0.25, -0.2) is 9.97 Å². The molecule has 0 unspecified atom stereocenters. The van der Waals surface area contributed by atoms with Gasteiger partial charge in [0.15, 0.2) is 11.6 Å². The summed E-state index contributed by atoms with van der Waals surface area (Å²) in [7, 11) is 1.86. The lowest BCUT2D eigenvalue weighted by Crippen LogP contribution is -2.01. The highest BCUT2D eigenvalue weighted by Crippen LogP contribution is 2.32. The second kappa shape index (κ2) is 6.02. The summed E-state index contributed by atoms with van der Waals surface area (Å²) in [5, 5.41) is 19.6. The summed E-state index contributed by atoms with van der Waals surface area (Å²) in [4.78, 5) is 10.4. The van der Waals surface area contributed by atoms with Crippen LogP contribution in [0.4, 0.5) is 11.5 Å². The fourth-order valence-electron chi connectivity index (χ4n) is 2.66. The fourth-order valence-corrected chi connectivity index (χ4v) is 3.50. The Bertz CT molecular complexity index is 1070. The van der Waals surface area contributed by atoms with Gasteiger partial charge in [-0.2, -0.15) is 5.10 Å². The van der Waals surface area contributed by atoms with Crippen LogP contribution in [0.3, 0.4) is 0 Å². The summed E-state index contributed by atoms with van der Waals surface area (Å²) < 4.78 is 1.76. The Hall–Kier alpha value is -2.64. The highest BCUT2D eigenvalue weighted by atomic mass is 35.5. The van der Waals surface area contributed by atoms with E-state index in [1.54, 1.807) is 28.2 Å². The zero-order valence-electron chi connectivity index (χ0n) is 13.5. The predicted molar refractivity (Wildman–Crippen MR) is 101 cm³/mol. The second-order valence-electron chi connectivity index (χ2n) is 5.57. The van der Waals surface area contributed by atoms with Crippen molar-refractivity contribution in [3.8, 4) is 16.5 Å². The molecule has 4 aromatic rings. The van der Waals surface area contributed by atoms with Crippen molar-refractivity contribution >= 4 is 45.5 Å². The smallest absolute Gasteiger partial charge is 0.172 e. The Morgan fingerprint density at radius 1 is 1.24 bits per heavy atom. The van der Waals surface area contributed by atoms with Gasteiger partial charge in [0, 0.05) is 12.7 Å². The summed E-state index contributed by atoms with van der Waals surface area (Å²) in [6.45, 7) is 1.93. The minimum absolute atomic E-state index is 0.0377. The number of aromatic hydroxyl groups is 1. The van der Waals surface area contributed by atoms with E-state index in [0.29, 0.717) is 11.6 Å². The standard InChI is InChI=1S/C17H14ClN5OS/c1-9-14-15(23(2)22-9)17(19-10-5-6-12(24)11(18)8-10)21-16(20-14)13-4-3-7-25-13/h3-8,24H,1-2H3,(H,19,20,21). The van der Waals surface area contributed by atoms with E-state index in [-0.39, 0.29) is 10.8 Å². The number of halogens is 1. The van der Waals surface area contributed by atoms with Crippen molar-refractivity contribution in [1.82, 2.24) is 19.7 Å². The molecule has 0 aliphatic rings. The molecule has 3 heterocycles. The third-order valence-corrected chi connectivity index (χ3v) is 4.97. The Morgan fingerprint density at radius 3 is 2.80 bits per heavy atom. The number of aromatic nitrogens is 4. The first-order valence-electron chi connectivity index (χ1n) is 7.53. The van der Waals surface area contributed by atoms with Crippen LogP contribution in [0.15, 0.2) is 35.7 Å². The van der Waals surface area contributed by atoms with Crippen molar-refractivity contribution in [3.05, 3.63) is 46.4 Å². The predicted octanol–water partition coefficient (Wildman–Crippen LogP) is 4.50. The average molecular weight is 372 g/mol. The number of nitrogens with zero attached hydrogens (tertiary/aromatic N) is 4. The quantitative estimate of drug-likeness (QED) is 0.518. The van der Waals surface area contributed by atoms with Crippen LogP contribution in [0, 0.1) is 6.92 Å². The van der Waals surface area contributed by atoms with E-state index in [0.717, 1.165) is 27.3 Å². The van der Waals surface area contributed by atoms with E-state index in [1.807, 2.05) is 31.5 Å². The van der Waals surface area contributed by atoms with Crippen LogP contribution in [-0.4, -0.2) is 24.9 Å². The summed E-state index contributed by atoms with van der Waals surface area (Å²) >= 11 is 7.59. The Balaban J connectivity index is 1.90. The van der Waals surface area contributed by atoms with Crippen molar-refractivity contribution in [2.45, 2.75) is 6.92 Å². The summed E-state index contributed by atoms with van der Waals surface area (Å²) in [5.74, 6) is 1.32. The van der Waals surface area contributed by atoms with Crippen molar-refractivity contribution in [3.63, 3.8) is 0 Å². The van der Waals surface area contributed by atoms with Gasteiger partial charge >= 0.3 is 0 Å². The molecule has 0 saturated heterocycles. The Morgan fingerprint density at radius 2 is 2.08 bits per heavy atom. The van der Waals surface area contributed by atoms with Gasteiger partial charge in [-0.05, 0) is 36.6 Å². The molecule has 4 rings (SSSR count). The number of nitrogens with one attached hydrogen (secondary N) is 1. The van der Waals surface area contributed by atoms with Crippen LogP contribution in [0.5, 0.6) is 5.75 Å². The first kappa shape index (κ1) is 15.9. The van der Waals surface area contributed by atoms with Gasteiger partial charge < -0.3 is 10.4 Å². The van der Waals surface area contributed by atoms with Gasteiger partial charge in [0.1, 0.15) is 16.8 Å². The van der Waals surface area contributed by atoms with Gasteiger partial charge in [0.2, 0.25) is 0 Å². The molecule has 1 aromatic carbocycles. The molecule has 0 bridgehead atoms. The van der Waals surface area contributed by atoms with Crippen LogP contribution in [0.1, 0.15) is 5.69 Å². The molecule has 25 heavy (non-hydrogen) atoms. The second-order valence-corrected chi connectivity index (χ2v) is 6.93. The van der Waals surface area contributed by atoms with Crippen molar-refractivity contribution in [2.24, 2.45) is 7.05 Å². The summed E-state index contributed by atoms with van der Waals surface area (Å²) in [6.07, 6.45) is 0. The number of phenols is 1. The first-order chi connectivity index (χ1) is 12.0. The lowest BCUT2D eigenvalue weighted by atomic mass is 10.3. The van der Waals surface area contributed by atoms with Crippen LogP contribution < -0.4 is 5.32 Å². The number of phenolic OH excluding ortho intramolecular Hbond substituents is 1. The van der Waals surface area contributed by atoms with Crippen LogP contribution in [0.25, 0.3) is 21.7 Å².